The van der Waals surface area contributed by atoms with Gasteiger partial charge in [-0.25, -0.2) is 0 Å². The predicted octanol–water partition coefficient (Wildman–Crippen LogP) is 4.66. The third kappa shape index (κ3) is 5.53. The average Bonchev–Trinajstić information content (AvgIpc) is 3.15. The van der Waals surface area contributed by atoms with Crippen molar-refractivity contribution in [2.24, 2.45) is 13.0 Å². The van der Waals surface area contributed by atoms with Crippen LogP contribution >= 0.6 is 0 Å². The number of nitrogens with zero attached hydrogens (tertiary/aromatic N) is 3. The van der Waals surface area contributed by atoms with E-state index in [0.29, 0.717) is 11.6 Å². The van der Waals surface area contributed by atoms with Crippen LogP contribution < -0.4 is 10.4 Å². The van der Waals surface area contributed by atoms with Crippen molar-refractivity contribution in [1.29, 1.82) is 0 Å². The quantitative estimate of drug-likeness (QED) is 0.582. The van der Waals surface area contributed by atoms with E-state index in [1.54, 1.807) is 12.3 Å². The van der Waals surface area contributed by atoms with E-state index in [1.165, 1.54) is 12.6 Å². The Hall–Kier alpha value is -3.36. The van der Waals surface area contributed by atoms with E-state index in [0.717, 1.165) is 47.7 Å². The van der Waals surface area contributed by atoms with Crippen LogP contribution in [0.3, 0.4) is 0 Å². The van der Waals surface area contributed by atoms with Gasteiger partial charge in [-0.1, -0.05) is 24.3 Å². The van der Waals surface area contributed by atoms with Crippen molar-refractivity contribution in [2.75, 3.05) is 5.32 Å². The summed E-state index contributed by atoms with van der Waals surface area (Å²) in [6.07, 6.45) is 0.963. The number of carboxylic acid groups (broad SMARTS) is 1. The molecule has 1 aliphatic rings. The Morgan fingerprint density at radius 1 is 1.12 bits per heavy atom. The molecule has 0 saturated heterocycles. The molecule has 0 spiro atoms. The van der Waals surface area contributed by atoms with Gasteiger partial charge in [-0.2, -0.15) is 18.3 Å². The van der Waals surface area contributed by atoms with E-state index < -0.39 is 17.8 Å². The lowest BCUT2D eigenvalue weighted by Crippen LogP contribution is -2.26. The van der Waals surface area contributed by atoms with Crippen LogP contribution in [0.15, 0.2) is 48.7 Å². The first kappa shape index (κ1) is 22.8. The van der Waals surface area contributed by atoms with Crippen LogP contribution in [0.1, 0.15) is 49.3 Å². The second-order valence-corrected chi connectivity index (χ2v) is 8.51. The van der Waals surface area contributed by atoms with Crippen molar-refractivity contribution in [3.8, 4) is 11.3 Å². The Kier molecular flexibility index (Phi) is 6.40. The van der Waals surface area contributed by atoms with Crippen LogP contribution in [0, 0.1) is 5.92 Å². The van der Waals surface area contributed by atoms with Crippen molar-refractivity contribution in [3.63, 3.8) is 0 Å². The molecule has 0 atom stereocenters. The van der Waals surface area contributed by atoms with Crippen molar-refractivity contribution in [2.45, 2.75) is 44.2 Å². The number of pyridine rings is 1. The number of aryl methyl sites for hydroxylation is 1. The monoisotopic (exact) mass is 457 g/mol. The smallest absolute Gasteiger partial charge is 0.435 e. The molecule has 0 unspecified atom stereocenters. The number of hydrogen-bond donors (Lipinski definition) is 1. The standard InChI is InChI=1S/C24H25F3N4O2/c1-31-22(13-21(30-31)24(25,26)27)29-19-10-11-20(28-14-19)18-8-6-17(7-9-18)16-4-2-15(3-5-16)12-23(32)33/h6-11,13-16,29H,2-5,12H2,1H3,(H,32,33)/p-1. The summed E-state index contributed by atoms with van der Waals surface area (Å²) in [5.41, 5.74) is 2.53. The zero-order valence-electron chi connectivity index (χ0n) is 18.1. The number of hydrogen-bond acceptors (Lipinski definition) is 5. The molecule has 1 fully saturated rings. The highest BCUT2D eigenvalue weighted by Crippen LogP contribution is 2.37. The van der Waals surface area contributed by atoms with Gasteiger partial charge in [0, 0.05) is 24.6 Å². The lowest BCUT2D eigenvalue weighted by atomic mass is 9.77. The maximum atomic E-state index is 12.8. The van der Waals surface area contributed by atoms with Crippen LogP contribution in [-0.2, 0) is 18.0 Å². The molecule has 0 bridgehead atoms. The van der Waals surface area contributed by atoms with Crippen molar-refractivity contribution < 1.29 is 23.1 Å². The van der Waals surface area contributed by atoms with Crippen molar-refractivity contribution in [3.05, 3.63) is 59.9 Å². The SMILES string of the molecule is Cn1nc(C(F)(F)F)cc1Nc1ccc(-c2ccc(C3CCC(CC(=O)[O-])CC3)cc2)nc1. The second-order valence-electron chi connectivity index (χ2n) is 8.51. The molecule has 9 heteroatoms. The van der Waals surface area contributed by atoms with Gasteiger partial charge in [-0.05, 0) is 61.6 Å². The number of halogens is 3. The third-order valence-corrected chi connectivity index (χ3v) is 6.19. The minimum Gasteiger partial charge on any atom is -0.550 e. The molecule has 3 aromatic rings. The molecule has 4 rings (SSSR count). The number of benzene rings is 1. The first-order valence-corrected chi connectivity index (χ1v) is 10.8. The third-order valence-electron chi connectivity index (χ3n) is 6.19. The number of anilines is 2. The molecule has 2 aromatic heterocycles. The van der Waals surface area contributed by atoms with Gasteiger partial charge in [0.05, 0.1) is 17.6 Å². The van der Waals surface area contributed by atoms with E-state index in [4.69, 9.17) is 0 Å². The Balaban J connectivity index is 1.38. The van der Waals surface area contributed by atoms with Gasteiger partial charge >= 0.3 is 6.18 Å². The fourth-order valence-electron chi connectivity index (χ4n) is 4.37. The molecule has 33 heavy (non-hydrogen) atoms. The van der Waals surface area contributed by atoms with Gasteiger partial charge in [0.2, 0.25) is 0 Å². The van der Waals surface area contributed by atoms with E-state index in [9.17, 15) is 23.1 Å². The Morgan fingerprint density at radius 3 is 2.36 bits per heavy atom. The Bertz CT molecular complexity index is 1100. The molecule has 0 radical (unpaired) electrons. The molecular weight excluding hydrogens is 433 g/mol. The van der Waals surface area contributed by atoms with Crippen LogP contribution in [0.2, 0.25) is 0 Å². The van der Waals surface area contributed by atoms with E-state index in [-0.39, 0.29) is 18.2 Å². The molecule has 6 nitrogen and oxygen atoms in total. The second kappa shape index (κ2) is 9.25. The number of rotatable bonds is 6. The van der Waals surface area contributed by atoms with Gasteiger partial charge in [-0.3, -0.25) is 9.67 Å². The van der Waals surface area contributed by atoms with Gasteiger partial charge < -0.3 is 15.2 Å². The fourth-order valence-corrected chi connectivity index (χ4v) is 4.37. The lowest BCUT2D eigenvalue weighted by molar-refractivity contribution is -0.307. The number of aromatic nitrogens is 3. The van der Waals surface area contributed by atoms with Crippen LogP contribution in [0.5, 0.6) is 0 Å². The number of alkyl halides is 3. The lowest BCUT2D eigenvalue weighted by Gasteiger charge is -2.29. The number of carbonyl (C=O) groups is 1. The van der Waals surface area contributed by atoms with E-state index in [1.807, 2.05) is 18.2 Å². The molecule has 2 heterocycles. The average molecular weight is 457 g/mol. The van der Waals surface area contributed by atoms with Gasteiger partial charge in [0.1, 0.15) is 5.82 Å². The minimum absolute atomic E-state index is 0.145. The summed E-state index contributed by atoms with van der Waals surface area (Å²) < 4.78 is 39.6. The Labute approximate surface area is 189 Å². The van der Waals surface area contributed by atoms with Crippen LogP contribution in [0.4, 0.5) is 24.7 Å². The summed E-state index contributed by atoms with van der Waals surface area (Å²) in [4.78, 5) is 15.2. The molecule has 1 aromatic carbocycles. The fraction of sp³-hybridized carbons (Fsp3) is 0.375. The summed E-state index contributed by atoms with van der Waals surface area (Å²) in [5, 5.41) is 17.2. The maximum Gasteiger partial charge on any atom is 0.435 e. The zero-order chi connectivity index (χ0) is 23.6. The molecule has 0 amide bonds. The first-order valence-electron chi connectivity index (χ1n) is 10.8. The summed E-state index contributed by atoms with van der Waals surface area (Å²) in [5.74, 6) is -0.108. The van der Waals surface area contributed by atoms with E-state index in [2.05, 4.69) is 27.5 Å². The molecule has 1 saturated carbocycles. The molecule has 1 aliphatic carbocycles. The summed E-state index contributed by atoms with van der Waals surface area (Å²) in [6.45, 7) is 0. The van der Waals surface area contributed by atoms with Crippen molar-refractivity contribution in [1.82, 2.24) is 14.8 Å². The van der Waals surface area contributed by atoms with Gasteiger partial charge in [0.15, 0.2) is 5.69 Å². The molecule has 1 N–H and O–H groups in total. The number of carboxylic acids is 1. The molecule has 0 aliphatic heterocycles. The Morgan fingerprint density at radius 2 is 1.82 bits per heavy atom. The number of carbonyl (C=O) groups excluding carboxylic acids is 1. The topological polar surface area (TPSA) is 82.9 Å². The number of aliphatic carboxylic acids is 1. The minimum atomic E-state index is -4.50. The highest BCUT2D eigenvalue weighted by molar-refractivity contribution is 5.65. The highest BCUT2D eigenvalue weighted by Gasteiger charge is 2.34. The zero-order valence-corrected chi connectivity index (χ0v) is 18.1. The summed E-state index contributed by atoms with van der Waals surface area (Å²) in [7, 11) is 1.44. The van der Waals surface area contributed by atoms with Crippen LogP contribution in [-0.4, -0.2) is 20.7 Å². The van der Waals surface area contributed by atoms with Gasteiger partial charge in [0.25, 0.3) is 0 Å². The maximum absolute atomic E-state index is 12.8. The number of nitrogens with one attached hydrogen (secondary N) is 1. The summed E-state index contributed by atoms with van der Waals surface area (Å²) in [6, 6.07) is 12.7. The molecular formula is C24H24F3N4O2-. The summed E-state index contributed by atoms with van der Waals surface area (Å²) >= 11 is 0. The normalized spacial score (nSPS) is 18.8. The van der Waals surface area contributed by atoms with Crippen molar-refractivity contribution >= 4 is 17.5 Å². The predicted molar refractivity (Wildman–Crippen MR) is 115 cm³/mol. The van der Waals surface area contributed by atoms with Crippen LogP contribution in [0.25, 0.3) is 11.3 Å². The highest BCUT2D eigenvalue weighted by atomic mass is 19.4. The first-order chi connectivity index (χ1) is 15.7. The largest absolute Gasteiger partial charge is 0.550 e. The van der Waals surface area contributed by atoms with Gasteiger partial charge in [-0.15, -0.1) is 0 Å². The van der Waals surface area contributed by atoms with E-state index >= 15 is 0 Å². The molecule has 174 valence electrons.